The number of hydrogen-bond donors (Lipinski definition) is 2. The van der Waals surface area contributed by atoms with Crippen LogP contribution in [-0.4, -0.2) is 39.9 Å². The molecule has 0 bridgehead atoms. The largest absolute Gasteiger partial charge is 0.496 e. The number of carbonyl (C=O) groups is 1. The van der Waals surface area contributed by atoms with E-state index in [1.807, 2.05) is 37.3 Å². The average molecular weight is 393 g/mol. The number of carbonyl (C=O) groups excluding carboxylic acids is 1. The van der Waals surface area contributed by atoms with E-state index in [2.05, 4.69) is 10.6 Å². The van der Waals surface area contributed by atoms with Crippen LogP contribution in [0, 0.1) is 0 Å². The van der Waals surface area contributed by atoms with Crippen molar-refractivity contribution in [2.75, 3.05) is 39.3 Å². The van der Waals surface area contributed by atoms with Gasteiger partial charge in [0.15, 0.2) is 5.75 Å². The molecule has 0 saturated heterocycles. The molecule has 0 heterocycles. The molecule has 2 aromatic carbocycles. The third-order valence-electron chi connectivity index (χ3n) is 3.92. The summed E-state index contributed by atoms with van der Waals surface area (Å²) < 4.78 is 16.0. The van der Waals surface area contributed by atoms with Crippen molar-refractivity contribution >= 4 is 23.2 Å². The maximum Gasteiger partial charge on any atom is 0.239 e. The first-order valence-corrected chi connectivity index (χ1v) is 9.01. The first kappa shape index (κ1) is 20.9. The van der Waals surface area contributed by atoms with Gasteiger partial charge < -0.3 is 24.8 Å². The normalized spacial score (nSPS) is 11.6. The van der Waals surface area contributed by atoms with E-state index in [9.17, 15) is 4.79 Å². The van der Waals surface area contributed by atoms with Gasteiger partial charge >= 0.3 is 0 Å². The molecule has 2 aromatic rings. The number of methoxy groups -OCH3 is 2. The Kier molecular flexibility index (Phi) is 8.23. The van der Waals surface area contributed by atoms with E-state index in [1.165, 1.54) is 0 Å². The molecule has 1 unspecified atom stereocenters. The molecular weight excluding hydrogens is 368 g/mol. The molecule has 1 atom stereocenters. The van der Waals surface area contributed by atoms with Crippen LogP contribution >= 0.6 is 11.6 Å². The highest BCUT2D eigenvalue weighted by molar-refractivity contribution is 6.32. The fraction of sp³-hybridized carbons (Fsp3) is 0.350. The van der Waals surface area contributed by atoms with Gasteiger partial charge in [-0.05, 0) is 25.1 Å². The highest BCUT2D eigenvalue weighted by Crippen LogP contribution is 2.32. The molecule has 2 N–H and O–H groups in total. The van der Waals surface area contributed by atoms with Crippen LogP contribution in [0.3, 0.4) is 0 Å². The Balaban J connectivity index is 1.96. The lowest BCUT2D eigenvalue weighted by Gasteiger charge is -2.18. The topological polar surface area (TPSA) is 68.8 Å². The van der Waals surface area contributed by atoms with Crippen molar-refractivity contribution in [3.8, 4) is 11.5 Å². The number of halogens is 1. The molecule has 0 aliphatic carbocycles. The smallest absolute Gasteiger partial charge is 0.239 e. The Morgan fingerprint density at radius 1 is 1.11 bits per heavy atom. The summed E-state index contributed by atoms with van der Waals surface area (Å²) in [5, 5.41) is 6.50. The molecule has 146 valence electrons. The molecule has 27 heavy (non-hydrogen) atoms. The third kappa shape index (κ3) is 6.05. The van der Waals surface area contributed by atoms with Gasteiger partial charge in [0.1, 0.15) is 12.4 Å². The van der Waals surface area contributed by atoms with Crippen LogP contribution in [0.4, 0.5) is 5.69 Å². The number of amides is 1. The number of rotatable bonds is 10. The standard InChI is InChI=1S/C20H25ClN2O4/c1-14(15-7-4-5-10-18(15)26-3)23-19(24)13-22-17-9-6-8-16(21)20(17)27-12-11-25-2/h4-10,14,22H,11-13H2,1-3H3,(H,23,24). The average Bonchev–Trinajstić information content (AvgIpc) is 2.68. The minimum absolute atomic E-state index is 0.0838. The highest BCUT2D eigenvalue weighted by Gasteiger charge is 2.14. The van der Waals surface area contributed by atoms with E-state index in [0.29, 0.717) is 29.7 Å². The van der Waals surface area contributed by atoms with Gasteiger partial charge in [0.25, 0.3) is 0 Å². The minimum atomic E-state index is -0.188. The van der Waals surface area contributed by atoms with Crippen molar-refractivity contribution in [1.82, 2.24) is 5.32 Å². The number of hydrogen-bond acceptors (Lipinski definition) is 5. The summed E-state index contributed by atoms with van der Waals surface area (Å²) in [7, 11) is 3.21. The first-order valence-electron chi connectivity index (χ1n) is 8.63. The summed E-state index contributed by atoms with van der Waals surface area (Å²) in [6.45, 7) is 2.81. The van der Waals surface area contributed by atoms with Crippen molar-refractivity contribution in [1.29, 1.82) is 0 Å². The number of anilines is 1. The van der Waals surface area contributed by atoms with Crippen LogP contribution in [0.25, 0.3) is 0 Å². The molecule has 0 aromatic heterocycles. The van der Waals surface area contributed by atoms with Gasteiger partial charge in [-0.3, -0.25) is 4.79 Å². The summed E-state index contributed by atoms with van der Waals surface area (Å²) >= 11 is 6.20. The summed E-state index contributed by atoms with van der Waals surface area (Å²) in [6.07, 6.45) is 0. The lowest BCUT2D eigenvalue weighted by molar-refractivity contribution is -0.120. The van der Waals surface area contributed by atoms with Crippen LogP contribution < -0.4 is 20.1 Å². The summed E-state index contributed by atoms with van der Waals surface area (Å²) in [5.74, 6) is 1.08. The lowest BCUT2D eigenvalue weighted by atomic mass is 10.1. The Labute approximate surface area is 164 Å². The van der Waals surface area contributed by atoms with Crippen LogP contribution in [-0.2, 0) is 9.53 Å². The molecule has 6 nitrogen and oxygen atoms in total. The fourth-order valence-electron chi connectivity index (χ4n) is 2.59. The van der Waals surface area contributed by atoms with Gasteiger partial charge in [0.2, 0.25) is 5.91 Å². The molecule has 0 spiro atoms. The van der Waals surface area contributed by atoms with Gasteiger partial charge in [0.05, 0.1) is 37.0 Å². The molecule has 0 fully saturated rings. The van der Waals surface area contributed by atoms with Crippen molar-refractivity contribution < 1.29 is 19.0 Å². The second kappa shape index (κ2) is 10.6. The maximum atomic E-state index is 12.3. The van der Waals surface area contributed by atoms with E-state index in [4.69, 9.17) is 25.8 Å². The number of ether oxygens (including phenoxy) is 3. The Morgan fingerprint density at radius 3 is 2.63 bits per heavy atom. The molecule has 7 heteroatoms. The molecule has 0 aliphatic rings. The zero-order valence-electron chi connectivity index (χ0n) is 15.8. The minimum Gasteiger partial charge on any atom is -0.496 e. The van der Waals surface area contributed by atoms with Crippen LogP contribution in [0.15, 0.2) is 42.5 Å². The maximum absolute atomic E-state index is 12.3. The van der Waals surface area contributed by atoms with Crippen LogP contribution in [0.1, 0.15) is 18.5 Å². The van der Waals surface area contributed by atoms with Crippen LogP contribution in [0.5, 0.6) is 11.5 Å². The monoisotopic (exact) mass is 392 g/mol. The number of para-hydroxylation sites is 2. The zero-order valence-corrected chi connectivity index (χ0v) is 16.5. The second-order valence-electron chi connectivity index (χ2n) is 5.84. The predicted molar refractivity (Wildman–Crippen MR) is 107 cm³/mol. The van der Waals surface area contributed by atoms with Crippen molar-refractivity contribution in [3.05, 3.63) is 53.1 Å². The predicted octanol–water partition coefficient (Wildman–Crippen LogP) is 3.66. The highest BCUT2D eigenvalue weighted by atomic mass is 35.5. The zero-order chi connectivity index (χ0) is 19.6. The Bertz CT molecular complexity index is 755. The van der Waals surface area contributed by atoms with E-state index < -0.39 is 0 Å². The van der Waals surface area contributed by atoms with Crippen molar-refractivity contribution in [3.63, 3.8) is 0 Å². The molecule has 2 rings (SSSR count). The molecule has 1 amide bonds. The van der Waals surface area contributed by atoms with Gasteiger partial charge in [0, 0.05) is 12.7 Å². The molecule has 0 saturated carbocycles. The molecule has 0 aliphatic heterocycles. The summed E-state index contributed by atoms with van der Waals surface area (Å²) in [6, 6.07) is 12.7. The second-order valence-corrected chi connectivity index (χ2v) is 6.25. The van der Waals surface area contributed by atoms with E-state index in [0.717, 1.165) is 11.3 Å². The first-order chi connectivity index (χ1) is 13.1. The summed E-state index contributed by atoms with van der Waals surface area (Å²) in [5.41, 5.74) is 1.57. The SMILES string of the molecule is COCCOc1c(Cl)cccc1NCC(=O)NC(C)c1ccccc1OC. The Morgan fingerprint density at radius 2 is 1.89 bits per heavy atom. The molecular formula is C20H25ClN2O4. The van der Waals surface area contributed by atoms with Gasteiger partial charge in [-0.2, -0.15) is 0 Å². The van der Waals surface area contributed by atoms with Crippen LogP contribution in [0.2, 0.25) is 5.02 Å². The quantitative estimate of drug-likeness (QED) is 0.604. The summed E-state index contributed by atoms with van der Waals surface area (Å²) in [4.78, 5) is 12.3. The van der Waals surface area contributed by atoms with Crippen molar-refractivity contribution in [2.24, 2.45) is 0 Å². The van der Waals surface area contributed by atoms with Gasteiger partial charge in [-0.1, -0.05) is 35.9 Å². The van der Waals surface area contributed by atoms with Crippen molar-refractivity contribution in [2.45, 2.75) is 13.0 Å². The fourth-order valence-corrected chi connectivity index (χ4v) is 2.82. The number of benzene rings is 2. The van der Waals surface area contributed by atoms with Gasteiger partial charge in [-0.15, -0.1) is 0 Å². The van der Waals surface area contributed by atoms with E-state index in [1.54, 1.807) is 26.4 Å². The molecule has 0 radical (unpaired) electrons. The van der Waals surface area contributed by atoms with Gasteiger partial charge in [-0.25, -0.2) is 0 Å². The van der Waals surface area contributed by atoms with E-state index >= 15 is 0 Å². The number of nitrogens with one attached hydrogen (secondary N) is 2. The lowest BCUT2D eigenvalue weighted by Crippen LogP contribution is -2.32. The third-order valence-corrected chi connectivity index (χ3v) is 4.22. The van der Waals surface area contributed by atoms with E-state index in [-0.39, 0.29) is 18.5 Å². The Hall–Kier alpha value is -2.44.